The number of nitrogens with zero attached hydrogens (tertiary/aromatic N) is 3. The van der Waals surface area contributed by atoms with Crippen LogP contribution in [0.3, 0.4) is 0 Å². The van der Waals surface area contributed by atoms with Crippen LogP contribution in [-0.4, -0.2) is 34.5 Å². The molecule has 0 amide bonds. The van der Waals surface area contributed by atoms with Crippen molar-refractivity contribution in [3.8, 4) is 0 Å². The van der Waals surface area contributed by atoms with Crippen molar-refractivity contribution >= 4 is 11.6 Å². The molecule has 7 heteroatoms. The van der Waals surface area contributed by atoms with E-state index >= 15 is 0 Å². The molecule has 0 aromatic carbocycles. The zero-order valence-electron chi connectivity index (χ0n) is 10.3. The molecule has 2 N–H and O–H groups in total. The molecule has 7 nitrogen and oxygen atoms in total. The molecule has 1 aromatic heterocycles. The van der Waals surface area contributed by atoms with E-state index < -0.39 is 4.92 Å². The number of aromatic nitrogens is 2. The predicted molar refractivity (Wildman–Crippen MR) is 67.4 cm³/mol. The fourth-order valence-electron chi connectivity index (χ4n) is 2.01. The third-order valence-electron chi connectivity index (χ3n) is 3.33. The summed E-state index contributed by atoms with van der Waals surface area (Å²) in [7, 11) is 0. The molecule has 0 unspecified atom stereocenters. The van der Waals surface area contributed by atoms with Crippen LogP contribution in [-0.2, 0) is 0 Å². The van der Waals surface area contributed by atoms with E-state index in [1.54, 1.807) is 0 Å². The molecule has 0 bridgehead atoms. The Morgan fingerprint density at radius 2 is 2.06 bits per heavy atom. The molecular formula is C11H17N5O2. The van der Waals surface area contributed by atoms with Crippen LogP contribution < -0.4 is 10.6 Å². The smallest absolute Gasteiger partial charge is 0.305 e. The Morgan fingerprint density at radius 1 is 1.44 bits per heavy atom. The molecule has 0 aliphatic carbocycles. The van der Waals surface area contributed by atoms with Crippen LogP contribution in [0.15, 0.2) is 12.4 Å². The quantitative estimate of drug-likeness (QED) is 0.616. The monoisotopic (exact) mass is 251 g/mol. The summed E-state index contributed by atoms with van der Waals surface area (Å²) in [6.07, 6.45) is 4.65. The van der Waals surface area contributed by atoms with Gasteiger partial charge in [0.2, 0.25) is 5.95 Å². The Labute approximate surface area is 105 Å². The number of rotatable bonds is 4. The number of hydrogen-bond donors (Lipinski definition) is 2. The van der Waals surface area contributed by atoms with Gasteiger partial charge in [0.25, 0.3) is 0 Å². The van der Waals surface area contributed by atoms with Gasteiger partial charge in [0.05, 0.1) is 4.92 Å². The zero-order valence-corrected chi connectivity index (χ0v) is 10.3. The highest BCUT2D eigenvalue weighted by atomic mass is 16.6. The van der Waals surface area contributed by atoms with Gasteiger partial charge in [-0.2, -0.15) is 0 Å². The largest absolute Gasteiger partial charge is 0.354 e. The van der Waals surface area contributed by atoms with Gasteiger partial charge in [0, 0.05) is 6.54 Å². The van der Waals surface area contributed by atoms with E-state index in [9.17, 15) is 10.1 Å². The SMILES string of the molecule is CC1(CNc2ncc([N+](=O)[O-])cn2)CCNCC1. The van der Waals surface area contributed by atoms with Gasteiger partial charge in [0.1, 0.15) is 12.4 Å². The molecule has 1 aliphatic heterocycles. The summed E-state index contributed by atoms with van der Waals surface area (Å²) in [5.41, 5.74) is 0.143. The summed E-state index contributed by atoms with van der Waals surface area (Å²) in [5.74, 6) is 0.445. The van der Waals surface area contributed by atoms with Gasteiger partial charge in [0.15, 0.2) is 0 Å². The van der Waals surface area contributed by atoms with Crippen LogP contribution in [0.25, 0.3) is 0 Å². The highest BCUT2D eigenvalue weighted by molar-refractivity contribution is 5.30. The number of nitrogens with one attached hydrogen (secondary N) is 2. The third-order valence-corrected chi connectivity index (χ3v) is 3.33. The van der Waals surface area contributed by atoms with Gasteiger partial charge in [-0.15, -0.1) is 0 Å². The Kier molecular flexibility index (Phi) is 3.71. The Morgan fingerprint density at radius 3 is 2.61 bits per heavy atom. The summed E-state index contributed by atoms with van der Waals surface area (Å²) >= 11 is 0. The molecule has 0 atom stereocenters. The summed E-state index contributed by atoms with van der Waals surface area (Å²) in [5, 5.41) is 16.9. The lowest BCUT2D eigenvalue weighted by Gasteiger charge is -2.34. The van der Waals surface area contributed by atoms with Crippen molar-refractivity contribution in [2.24, 2.45) is 5.41 Å². The van der Waals surface area contributed by atoms with Crippen LogP contribution in [0.1, 0.15) is 19.8 Å². The summed E-state index contributed by atoms with van der Waals surface area (Å²) in [6.45, 7) is 5.07. The first kappa shape index (κ1) is 12.7. The normalized spacial score (nSPS) is 18.3. The molecule has 0 saturated carbocycles. The van der Waals surface area contributed by atoms with Gasteiger partial charge in [-0.05, 0) is 31.3 Å². The van der Waals surface area contributed by atoms with Crippen LogP contribution in [0.5, 0.6) is 0 Å². The van der Waals surface area contributed by atoms with Gasteiger partial charge in [-0.1, -0.05) is 6.92 Å². The molecular weight excluding hydrogens is 234 g/mol. The van der Waals surface area contributed by atoms with Gasteiger partial charge in [-0.25, -0.2) is 9.97 Å². The Balaban J connectivity index is 1.91. The summed E-state index contributed by atoms with van der Waals surface area (Å²) in [4.78, 5) is 17.8. The van der Waals surface area contributed by atoms with Crippen LogP contribution >= 0.6 is 0 Å². The van der Waals surface area contributed by atoms with Crippen molar-refractivity contribution < 1.29 is 4.92 Å². The average molecular weight is 251 g/mol. The van der Waals surface area contributed by atoms with E-state index in [4.69, 9.17) is 0 Å². The molecule has 98 valence electrons. The van der Waals surface area contributed by atoms with Gasteiger partial charge in [-0.3, -0.25) is 10.1 Å². The summed E-state index contributed by atoms with van der Waals surface area (Å²) in [6, 6.07) is 0. The first-order valence-electron chi connectivity index (χ1n) is 6.00. The Bertz CT molecular complexity index is 414. The molecule has 1 aromatic rings. The van der Waals surface area contributed by atoms with Crippen molar-refractivity contribution in [3.05, 3.63) is 22.5 Å². The molecule has 2 rings (SSSR count). The molecule has 1 saturated heterocycles. The van der Waals surface area contributed by atoms with Crippen molar-refractivity contribution in [2.45, 2.75) is 19.8 Å². The molecule has 18 heavy (non-hydrogen) atoms. The van der Waals surface area contributed by atoms with Crippen molar-refractivity contribution in [1.82, 2.24) is 15.3 Å². The topological polar surface area (TPSA) is 93.0 Å². The lowest BCUT2D eigenvalue weighted by atomic mass is 9.81. The molecule has 1 fully saturated rings. The minimum Gasteiger partial charge on any atom is -0.354 e. The van der Waals surface area contributed by atoms with Crippen LogP contribution in [0.4, 0.5) is 11.6 Å². The number of nitro groups is 1. The molecule has 0 radical (unpaired) electrons. The minimum atomic E-state index is -0.502. The highest BCUT2D eigenvalue weighted by Gasteiger charge is 2.26. The minimum absolute atomic E-state index is 0.0892. The fraction of sp³-hybridized carbons (Fsp3) is 0.636. The first-order valence-corrected chi connectivity index (χ1v) is 6.00. The van der Waals surface area contributed by atoms with Crippen LogP contribution in [0.2, 0.25) is 0 Å². The maximum Gasteiger partial charge on any atom is 0.305 e. The molecule has 0 spiro atoms. The van der Waals surface area contributed by atoms with Crippen molar-refractivity contribution in [1.29, 1.82) is 0 Å². The zero-order chi connectivity index (χ0) is 13.0. The van der Waals surface area contributed by atoms with E-state index in [-0.39, 0.29) is 11.1 Å². The van der Waals surface area contributed by atoms with E-state index in [0.29, 0.717) is 5.95 Å². The van der Waals surface area contributed by atoms with Gasteiger partial charge < -0.3 is 10.6 Å². The van der Waals surface area contributed by atoms with E-state index in [0.717, 1.165) is 32.5 Å². The predicted octanol–water partition coefficient (Wildman–Crippen LogP) is 1.19. The van der Waals surface area contributed by atoms with E-state index in [1.807, 2.05) is 0 Å². The number of hydrogen-bond acceptors (Lipinski definition) is 6. The molecule has 1 aliphatic rings. The fourth-order valence-corrected chi connectivity index (χ4v) is 2.01. The second kappa shape index (κ2) is 5.26. The van der Waals surface area contributed by atoms with Crippen molar-refractivity contribution in [3.63, 3.8) is 0 Å². The molecule has 2 heterocycles. The Hall–Kier alpha value is -1.76. The maximum absolute atomic E-state index is 10.5. The lowest BCUT2D eigenvalue weighted by Crippen LogP contribution is -2.39. The lowest BCUT2D eigenvalue weighted by molar-refractivity contribution is -0.385. The maximum atomic E-state index is 10.5. The standard InChI is InChI=1S/C11H17N5O2/c1-11(2-4-12-5-3-11)8-15-10-13-6-9(7-14-10)16(17)18/h6-7,12H,2-5,8H2,1H3,(H,13,14,15). The number of piperidine rings is 1. The third kappa shape index (κ3) is 3.13. The average Bonchev–Trinajstić information content (AvgIpc) is 2.38. The second-order valence-corrected chi connectivity index (χ2v) is 4.94. The van der Waals surface area contributed by atoms with E-state index in [1.165, 1.54) is 12.4 Å². The van der Waals surface area contributed by atoms with E-state index in [2.05, 4.69) is 27.5 Å². The highest BCUT2D eigenvalue weighted by Crippen LogP contribution is 2.27. The van der Waals surface area contributed by atoms with Gasteiger partial charge >= 0.3 is 5.69 Å². The van der Waals surface area contributed by atoms with Crippen molar-refractivity contribution in [2.75, 3.05) is 25.0 Å². The summed E-state index contributed by atoms with van der Waals surface area (Å²) < 4.78 is 0. The second-order valence-electron chi connectivity index (χ2n) is 4.94. The number of anilines is 1. The first-order chi connectivity index (χ1) is 8.59. The van der Waals surface area contributed by atoms with Crippen LogP contribution in [0, 0.1) is 15.5 Å².